The molecule has 3 heteroatoms. The molecule has 20 heavy (non-hydrogen) atoms. The molecule has 2 nitrogen and oxygen atoms in total. The van der Waals surface area contributed by atoms with Crippen LogP contribution in [0.2, 0.25) is 0 Å². The molecule has 2 atom stereocenters. The van der Waals surface area contributed by atoms with Gasteiger partial charge in [0.25, 0.3) is 0 Å². The second kappa shape index (κ2) is 5.71. The van der Waals surface area contributed by atoms with E-state index in [0.717, 1.165) is 10.9 Å². The van der Waals surface area contributed by atoms with E-state index in [0.29, 0.717) is 11.3 Å². The molecule has 2 aromatic rings. The highest BCUT2D eigenvalue weighted by atomic mass is 32.2. The van der Waals surface area contributed by atoms with Gasteiger partial charge in [-0.1, -0.05) is 60.3 Å². The van der Waals surface area contributed by atoms with Gasteiger partial charge in [-0.3, -0.25) is 0 Å². The summed E-state index contributed by atoms with van der Waals surface area (Å²) >= 11 is 1.85. The monoisotopic (exact) mass is 282 g/mol. The van der Waals surface area contributed by atoms with Crippen molar-refractivity contribution in [2.75, 3.05) is 7.05 Å². The maximum absolute atomic E-state index is 4.77. The van der Waals surface area contributed by atoms with Crippen LogP contribution in [0.5, 0.6) is 0 Å². The van der Waals surface area contributed by atoms with Crippen molar-refractivity contribution < 1.29 is 0 Å². The predicted molar refractivity (Wildman–Crippen MR) is 87.5 cm³/mol. The van der Waals surface area contributed by atoms with Crippen LogP contribution in [0, 0.1) is 0 Å². The van der Waals surface area contributed by atoms with E-state index < -0.39 is 0 Å². The number of hydrogen-bond acceptors (Lipinski definition) is 2. The van der Waals surface area contributed by atoms with Crippen molar-refractivity contribution in [1.82, 2.24) is 4.90 Å². The summed E-state index contributed by atoms with van der Waals surface area (Å²) in [6, 6.07) is 21.3. The van der Waals surface area contributed by atoms with Crippen molar-refractivity contribution >= 4 is 22.6 Å². The SMILES string of the molecule is CC1C(c2ccccc2)SC(=Nc2ccccc2)N1C. The molecule has 0 N–H and O–H groups in total. The van der Waals surface area contributed by atoms with Crippen molar-refractivity contribution in [3.63, 3.8) is 0 Å². The number of hydrogen-bond donors (Lipinski definition) is 0. The van der Waals surface area contributed by atoms with E-state index in [1.54, 1.807) is 0 Å². The first-order chi connectivity index (χ1) is 9.75. The molecule has 2 aromatic carbocycles. The molecule has 0 aliphatic carbocycles. The zero-order chi connectivity index (χ0) is 13.9. The van der Waals surface area contributed by atoms with Crippen molar-refractivity contribution in [1.29, 1.82) is 0 Å². The second-order valence-corrected chi connectivity index (χ2v) is 6.14. The van der Waals surface area contributed by atoms with E-state index in [-0.39, 0.29) is 0 Å². The van der Waals surface area contributed by atoms with Gasteiger partial charge in [-0.25, -0.2) is 4.99 Å². The molecule has 0 bridgehead atoms. The van der Waals surface area contributed by atoms with Gasteiger partial charge in [-0.2, -0.15) is 0 Å². The molecule has 0 aromatic heterocycles. The van der Waals surface area contributed by atoms with Crippen LogP contribution in [0.3, 0.4) is 0 Å². The van der Waals surface area contributed by atoms with Gasteiger partial charge >= 0.3 is 0 Å². The highest BCUT2D eigenvalue weighted by molar-refractivity contribution is 8.14. The minimum Gasteiger partial charge on any atom is -0.350 e. The summed E-state index contributed by atoms with van der Waals surface area (Å²) in [6.45, 7) is 2.26. The van der Waals surface area contributed by atoms with Crippen LogP contribution in [0.1, 0.15) is 17.7 Å². The average Bonchev–Trinajstić information content (AvgIpc) is 2.78. The Balaban J connectivity index is 1.88. The third-order valence-corrected chi connectivity index (χ3v) is 5.20. The molecule has 1 heterocycles. The lowest BCUT2D eigenvalue weighted by Gasteiger charge is -2.20. The first-order valence-corrected chi connectivity index (χ1v) is 7.72. The van der Waals surface area contributed by atoms with Crippen molar-refractivity contribution in [3.8, 4) is 0 Å². The molecular formula is C17H18N2S. The zero-order valence-electron chi connectivity index (χ0n) is 11.7. The van der Waals surface area contributed by atoms with E-state index in [4.69, 9.17) is 4.99 Å². The summed E-state index contributed by atoms with van der Waals surface area (Å²) in [5.74, 6) is 0. The second-order valence-electron chi connectivity index (χ2n) is 5.03. The number of likely N-dealkylation sites (N-methyl/N-ethyl adjacent to an activating group) is 1. The lowest BCUT2D eigenvalue weighted by Crippen LogP contribution is -2.28. The Morgan fingerprint density at radius 3 is 2.20 bits per heavy atom. The highest BCUT2D eigenvalue weighted by Crippen LogP contribution is 2.42. The Hall–Kier alpha value is -1.74. The molecule has 0 spiro atoms. The maximum Gasteiger partial charge on any atom is 0.165 e. The zero-order valence-corrected chi connectivity index (χ0v) is 12.5. The number of thioether (sulfide) groups is 1. The molecule has 3 rings (SSSR count). The molecule has 0 saturated carbocycles. The van der Waals surface area contributed by atoms with Crippen LogP contribution in [0.4, 0.5) is 5.69 Å². The van der Waals surface area contributed by atoms with Gasteiger partial charge in [-0.15, -0.1) is 0 Å². The smallest absolute Gasteiger partial charge is 0.165 e. The topological polar surface area (TPSA) is 15.6 Å². The van der Waals surface area contributed by atoms with E-state index in [2.05, 4.69) is 49.2 Å². The normalized spacial score (nSPS) is 24.3. The summed E-state index contributed by atoms with van der Waals surface area (Å²) in [5, 5.41) is 1.54. The Bertz CT molecular complexity index is 595. The molecule has 0 amide bonds. The molecular weight excluding hydrogens is 264 g/mol. The van der Waals surface area contributed by atoms with Crippen LogP contribution in [-0.4, -0.2) is 23.2 Å². The van der Waals surface area contributed by atoms with Gasteiger partial charge in [0.05, 0.1) is 10.9 Å². The fraction of sp³-hybridized carbons (Fsp3) is 0.235. The Morgan fingerprint density at radius 2 is 1.55 bits per heavy atom. The van der Waals surface area contributed by atoms with Crippen molar-refractivity contribution in [2.24, 2.45) is 4.99 Å². The van der Waals surface area contributed by atoms with E-state index >= 15 is 0 Å². The quantitative estimate of drug-likeness (QED) is 0.807. The van der Waals surface area contributed by atoms with Crippen LogP contribution in [-0.2, 0) is 0 Å². The van der Waals surface area contributed by atoms with Crippen LogP contribution in [0.15, 0.2) is 65.7 Å². The first-order valence-electron chi connectivity index (χ1n) is 6.84. The van der Waals surface area contributed by atoms with Crippen molar-refractivity contribution in [2.45, 2.75) is 18.2 Å². The fourth-order valence-electron chi connectivity index (χ4n) is 2.38. The maximum atomic E-state index is 4.77. The summed E-state index contributed by atoms with van der Waals surface area (Å²) in [7, 11) is 2.13. The average molecular weight is 282 g/mol. The Labute approximate surface area is 124 Å². The Kier molecular flexibility index (Phi) is 3.79. The van der Waals surface area contributed by atoms with E-state index in [1.807, 2.05) is 42.1 Å². The molecule has 1 saturated heterocycles. The number of benzene rings is 2. The summed E-state index contributed by atoms with van der Waals surface area (Å²) in [6.07, 6.45) is 0. The lowest BCUT2D eigenvalue weighted by atomic mass is 10.1. The van der Waals surface area contributed by atoms with Crippen LogP contribution < -0.4 is 0 Å². The van der Waals surface area contributed by atoms with Gasteiger partial charge in [-0.05, 0) is 24.6 Å². The van der Waals surface area contributed by atoms with Crippen LogP contribution in [0.25, 0.3) is 0 Å². The molecule has 1 fully saturated rings. The van der Waals surface area contributed by atoms with E-state index in [1.165, 1.54) is 5.56 Å². The Morgan fingerprint density at radius 1 is 0.950 bits per heavy atom. The summed E-state index contributed by atoms with van der Waals surface area (Å²) in [4.78, 5) is 7.04. The lowest BCUT2D eigenvalue weighted by molar-refractivity contribution is 0.404. The van der Waals surface area contributed by atoms with Gasteiger partial charge in [0.1, 0.15) is 0 Å². The number of rotatable bonds is 2. The predicted octanol–water partition coefficient (Wildman–Crippen LogP) is 4.48. The highest BCUT2D eigenvalue weighted by Gasteiger charge is 2.34. The van der Waals surface area contributed by atoms with Crippen molar-refractivity contribution in [3.05, 3.63) is 66.2 Å². The number of nitrogens with zero attached hydrogens (tertiary/aromatic N) is 2. The number of aliphatic imine (C=N–C) groups is 1. The standard InChI is InChI=1S/C17H18N2S/c1-13-16(14-9-5-3-6-10-14)20-17(19(13)2)18-15-11-7-4-8-12-15/h3-13,16H,1-2H3. The minimum atomic E-state index is 0.448. The molecule has 102 valence electrons. The third kappa shape index (κ3) is 2.59. The van der Waals surface area contributed by atoms with Crippen LogP contribution >= 0.6 is 11.8 Å². The van der Waals surface area contributed by atoms with Gasteiger partial charge in [0.2, 0.25) is 0 Å². The number of amidine groups is 1. The largest absolute Gasteiger partial charge is 0.350 e. The minimum absolute atomic E-state index is 0.448. The van der Waals surface area contributed by atoms with E-state index in [9.17, 15) is 0 Å². The third-order valence-electron chi connectivity index (χ3n) is 3.69. The fourth-order valence-corrected chi connectivity index (χ4v) is 3.77. The molecule has 2 unspecified atom stereocenters. The number of para-hydroxylation sites is 1. The van der Waals surface area contributed by atoms with Gasteiger partial charge < -0.3 is 4.90 Å². The van der Waals surface area contributed by atoms with Gasteiger partial charge in [0.15, 0.2) is 5.17 Å². The molecule has 0 radical (unpaired) electrons. The summed E-state index contributed by atoms with van der Waals surface area (Å²) < 4.78 is 0. The first kappa shape index (κ1) is 13.3. The summed E-state index contributed by atoms with van der Waals surface area (Å²) in [5.41, 5.74) is 2.39. The van der Waals surface area contributed by atoms with Gasteiger partial charge in [0, 0.05) is 13.1 Å². The molecule has 1 aliphatic rings. The molecule has 1 aliphatic heterocycles.